The summed E-state index contributed by atoms with van der Waals surface area (Å²) in [6, 6.07) is 3.26. The van der Waals surface area contributed by atoms with E-state index in [1.54, 1.807) is 11.8 Å². The Balaban J connectivity index is 2.08. The lowest BCUT2D eigenvalue weighted by Gasteiger charge is -2.13. The molecule has 20 heavy (non-hydrogen) atoms. The maximum Gasteiger partial charge on any atom is 0.416 e. The minimum absolute atomic E-state index is 0.0381. The van der Waals surface area contributed by atoms with Crippen molar-refractivity contribution in [2.24, 2.45) is 10.9 Å². The Morgan fingerprint density at radius 2 is 2.10 bits per heavy atom. The van der Waals surface area contributed by atoms with Gasteiger partial charge in [0.1, 0.15) is 0 Å². The molecular formula is C13H14ClF3N2S. The minimum atomic E-state index is -4.38. The zero-order chi connectivity index (χ0) is 14.9. The second-order valence-corrected chi connectivity index (χ2v) is 6.50. The molecule has 1 aromatic carbocycles. The quantitative estimate of drug-likeness (QED) is 0.837. The van der Waals surface area contributed by atoms with Crippen LogP contribution in [-0.2, 0) is 6.18 Å². The molecule has 0 aromatic heterocycles. The molecule has 110 valence electrons. The van der Waals surface area contributed by atoms with Crippen molar-refractivity contribution in [1.29, 1.82) is 0 Å². The third-order valence-corrected chi connectivity index (χ3v) is 4.72. The number of anilines is 1. The summed E-state index contributed by atoms with van der Waals surface area (Å²) in [6.07, 6.45) is -4.38. The van der Waals surface area contributed by atoms with Gasteiger partial charge in [0.2, 0.25) is 0 Å². The van der Waals surface area contributed by atoms with Crippen LogP contribution in [0.15, 0.2) is 23.2 Å². The Morgan fingerprint density at radius 3 is 2.60 bits per heavy atom. The van der Waals surface area contributed by atoms with Crippen LogP contribution in [0.2, 0.25) is 5.02 Å². The lowest BCUT2D eigenvalue weighted by Crippen LogP contribution is -2.13. The van der Waals surface area contributed by atoms with Gasteiger partial charge in [0.05, 0.1) is 22.8 Å². The Kier molecular flexibility index (Phi) is 4.54. The van der Waals surface area contributed by atoms with Crippen LogP contribution in [-0.4, -0.2) is 17.0 Å². The van der Waals surface area contributed by atoms with Crippen LogP contribution in [0.1, 0.15) is 19.4 Å². The molecule has 2 nitrogen and oxygen atoms in total. The van der Waals surface area contributed by atoms with Gasteiger partial charge in [-0.1, -0.05) is 37.2 Å². The van der Waals surface area contributed by atoms with Crippen molar-refractivity contribution in [1.82, 2.24) is 0 Å². The number of nitrogens with one attached hydrogen (secondary N) is 1. The first kappa shape index (κ1) is 15.5. The number of halogens is 4. The van der Waals surface area contributed by atoms with E-state index in [0.717, 1.165) is 12.1 Å². The van der Waals surface area contributed by atoms with Gasteiger partial charge in [-0.15, -0.1) is 0 Å². The highest BCUT2D eigenvalue weighted by Crippen LogP contribution is 2.35. The lowest BCUT2D eigenvalue weighted by molar-refractivity contribution is -0.137. The Morgan fingerprint density at radius 1 is 1.40 bits per heavy atom. The number of hydrogen-bond acceptors (Lipinski definition) is 3. The van der Waals surface area contributed by atoms with Gasteiger partial charge in [-0.3, -0.25) is 4.99 Å². The molecule has 0 radical (unpaired) electrons. The molecule has 0 aliphatic carbocycles. The highest BCUT2D eigenvalue weighted by molar-refractivity contribution is 8.15. The molecule has 0 saturated carbocycles. The van der Waals surface area contributed by atoms with Crippen molar-refractivity contribution in [3.05, 3.63) is 28.8 Å². The molecule has 1 unspecified atom stereocenters. The van der Waals surface area contributed by atoms with E-state index in [1.165, 1.54) is 6.07 Å². The Bertz CT molecular complexity index is 529. The summed E-state index contributed by atoms with van der Waals surface area (Å²) in [5.74, 6) is 0.492. The molecule has 0 saturated heterocycles. The topological polar surface area (TPSA) is 24.4 Å². The highest BCUT2D eigenvalue weighted by Gasteiger charge is 2.31. The average molecular weight is 323 g/mol. The molecule has 1 N–H and O–H groups in total. The minimum Gasteiger partial charge on any atom is -0.334 e. The fraction of sp³-hybridized carbons (Fsp3) is 0.462. The maximum atomic E-state index is 12.5. The number of rotatable bonds is 2. The summed E-state index contributed by atoms with van der Waals surface area (Å²) in [6.45, 7) is 4.94. The largest absolute Gasteiger partial charge is 0.416 e. The maximum absolute atomic E-state index is 12.5. The normalized spacial score (nSPS) is 19.4. The third kappa shape index (κ3) is 3.61. The predicted octanol–water partition coefficient (Wildman–Crippen LogP) is 4.90. The van der Waals surface area contributed by atoms with Crippen molar-refractivity contribution in [2.45, 2.75) is 25.3 Å². The molecule has 0 bridgehead atoms. The SMILES string of the molecule is CC(C)C1CN=C(Nc2ccc(C(F)(F)F)cc2Cl)S1. The van der Waals surface area contributed by atoms with Crippen molar-refractivity contribution in [2.75, 3.05) is 11.9 Å². The summed E-state index contributed by atoms with van der Waals surface area (Å²) >= 11 is 7.48. The van der Waals surface area contributed by atoms with Crippen molar-refractivity contribution in [3.8, 4) is 0 Å². The molecule has 2 rings (SSSR count). The van der Waals surface area contributed by atoms with Gasteiger partial charge in [0.15, 0.2) is 5.17 Å². The van der Waals surface area contributed by atoms with Crippen LogP contribution >= 0.6 is 23.4 Å². The zero-order valence-electron chi connectivity index (χ0n) is 11.0. The fourth-order valence-corrected chi connectivity index (χ4v) is 2.97. The van der Waals surface area contributed by atoms with Crippen LogP contribution in [0.3, 0.4) is 0 Å². The fourth-order valence-electron chi connectivity index (χ4n) is 1.71. The molecule has 0 fully saturated rings. The van der Waals surface area contributed by atoms with E-state index in [1.807, 2.05) is 0 Å². The molecule has 1 heterocycles. The van der Waals surface area contributed by atoms with E-state index >= 15 is 0 Å². The first-order valence-corrected chi connectivity index (χ1v) is 7.38. The van der Waals surface area contributed by atoms with E-state index in [2.05, 4.69) is 24.2 Å². The summed E-state index contributed by atoms with van der Waals surface area (Å²) in [5.41, 5.74) is -0.315. The van der Waals surface area contributed by atoms with Crippen molar-refractivity contribution < 1.29 is 13.2 Å². The van der Waals surface area contributed by atoms with Crippen LogP contribution in [0.5, 0.6) is 0 Å². The summed E-state index contributed by atoms with van der Waals surface area (Å²) in [7, 11) is 0. The standard InChI is InChI=1S/C13H14ClF3N2S/c1-7(2)11-6-18-12(20-11)19-10-4-3-8(5-9(10)14)13(15,16)17/h3-5,7,11H,6H2,1-2H3,(H,18,19). The molecule has 0 amide bonds. The Hall–Kier alpha value is -0.880. The van der Waals surface area contributed by atoms with Gasteiger partial charge in [-0.2, -0.15) is 13.2 Å². The number of benzene rings is 1. The lowest BCUT2D eigenvalue weighted by atomic mass is 10.1. The smallest absolute Gasteiger partial charge is 0.334 e. The third-order valence-electron chi connectivity index (χ3n) is 2.96. The van der Waals surface area contributed by atoms with Crippen LogP contribution < -0.4 is 5.32 Å². The molecule has 1 atom stereocenters. The number of amidine groups is 1. The summed E-state index contributed by atoms with van der Waals surface area (Å²) in [5, 5.41) is 4.12. The first-order valence-electron chi connectivity index (χ1n) is 6.12. The first-order chi connectivity index (χ1) is 9.27. The van der Waals surface area contributed by atoms with Crippen molar-refractivity contribution >= 4 is 34.2 Å². The summed E-state index contributed by atoms with van der Waals surface area (Å²) in [4.78, 5) is 4.33. The van der Waals surface area contributed by atoms with E-state index in [0.29, 0.717) is 28.6 Å². The molecule has 1 aromatic rings. The van der Waals surface area contributed by atoms with Crippen LogP contribution in [0, 0.1) is 5.92 Å². The second-order valence-electron chi connectivity index (χ2n) is 4.86. The van der Waals surface area contributed by atoms with Gasteiger partial charge in [-0.25, -0.2) is 0 Å². The van der Waals surface area contributed by atoms with Gasteiger partial charge in [0, 0.05) is 5.25 Å². The number of hydrogen-bond donors (Lipinski definition) is 1. The number of thioether (sulfide) groups is 1. The monoisotopic (exact) mass is 322 g/mol. The van der Waals surface area contributed by atoms with E-state index < -0.39 is 11.7 Å². The molecule has 7 heteroatoms. The summed E-state index contributed by atoms with van der Waals surface area (Å²) < 4.78 is 37.6. The number of alkyl halides is 3. The molecule has 1 aliphatic heterocycles. The van der Waals surface area contributed by atoms with E-state index in [9.17, 15) is 13.2 Å². The average Bonchev–Trinajstić information content (AvgIpc) is 2.79. The zero-order valence-corrected chi connectivity index (χ0v) is 12.5. The van der Waals surface area contributed by atoms with Crippen LogP contribution in [0.4, 0.5) is 18.9 Å². The highest BCUT2D eigenvalue weighted by atomic mass is 35.5. The van der Waals surface area contributed by atoms with Crippen LogP contribution in [0.25, 0.3) is 0 Å². The molecule has 0 spiro atoms. The van der Waals surface area contributed by atoms with Gasteiger partial charge < -0.3 is 5.32 Å². The van der Waals surface area contributed by atoms with Crippen molar-refractivity contribution in [3.63, 3.8) is 0 Å². The van der Waals surface area contributed by atoms with Gasteiger partial charge >= 0.3 is 6.18 Å². The Labute approximate surface area is 124 Å². The van der Waals surface area contributed by atoms with E-state index in [-0.39, 0.29) is 5.02 Å². The molecule has 1 aliphatic rings. The number of aliphatic imine (C=N–C) groups is 1. The van der Waals surface area contributed by atoms with Gasteiger partial charge in [-0.05, 0) is 24.1 Å². The molecular weight excluding hydrogens is 309 g/mol. The van der Waals surface area contributed by atoms with Gasteiger partial charge in [0.25, 0.3) is 0 Å². The number of nitrogens with zero attached hydrogens (tertiary/aromatic N) is 1. The van der Waals surface area contributed by atoms with E-state index in [4.69, 9.17) is 11.6 Å². The predicted molar refractivity (Wildman–Crippen MR) is 78.6 cm³/mol. The second kappa shape index (κ2) is 5.85.